The van der Waals surface area contributed by atoms with Gasteiger partial charge in [-0.15, -0.1) is 0 Å². The van der Waals surface area contributed by atoms with E-state index in [1.165, 1.54) is 32.5 Å². The molecule has 2 N–H and O–H groups in total. The lowest BCUT2D eigenvalue weighted by Crippen LogP contribution is -2.35. The van der Waals surface area contributed by atoms with Crippen LogP contribution in [-0.4, -0.2) is 48.1 Å². The Bertz CT molecular complexity index is 360. The van der Waals surface area contributed by atoms with Gasteiger partial charge < -0.3 is 15.5 Å². The summed E-state index contributed by atoms with van der Waals surface area (Å²) in [5, 5.41) is 6.43. The molecule has 5 nitrogen and oxygen atoms in total. The Morgan fingerprint density at radius 2 is 2.00 bits per heavy atom. The van der Waals surface area contributed by atoms with E-state index in [0.717, 1.165) is 24.1 Å². The number of piperidine rings is 1. The molecule has 100 valence electrons. The minimum Gasteiger partial charge on any atom is -0.373 e. The van der Waals surface area contributed by atoms with E-state index in [-0.39, 0.29) is 0 Å². The number of rotatable bonds is 5. The maximum Gasteiger partial charge on any atom is 0.131 e. The molecule has 0 aromatic carbocycles. The summed E-state index contributed by atoms with van der Waals surface area (Å²) in [7, 11) is 1.87. The van der Waals surface area contributed by atoms with Crippen molar-refractivity contribution in [3.8, 4) is 0 Å². The van der Waals surface area contributed by atoms with Crippen LogP contribution in [0.3, 0.4) is 0 Å². The van der Waals surface area contributed by atoms with Gasteiger partial charge in [0.05, 0.1) is 0 Å². The number of hydrogen-bond acceptors (Lipinski definition) is 5. The molecule has 0 atom stereocenters. The average molecular weight is 249 g/mol. The summed E-state index contributed by atoms with van der Waals surface area (Å²) in [6, 6.07) is 1.95. The van der Waals surface area contributed by atoms with Gasteiger partial charge in [0.2, 0.25) is 0 Å². The summed E-state index contributed by atoms with van der Waals surface area (Å²) in [5.74, 6) is 2.53. The smallest absolute Gasteiger partial charge is 0.131 e. The Kier molecular flexibility index (Phi) is 4.75. The van der Waals surface area contributed by atoms with Crippen molar-refractivity contribution in [2.75, 3.05) is 43.9 Å². The van der Waals surface area contributed by atoms with Gasteiger partial charge in [0, 0.05) is 19.7 Å². The molecule has 5 heteroatoms. The lowest BCUT2D eigenvalue weighted by atomic mass is 9.97. The van der Waals surface area contributed by atoms with Crippen LogP contribution < -0.4 is 10.6 Å². The van der Waals surface area contributed by atoms with Gasteiger partial charge in [-0.25, -0.2) is 9.97 Å². The van der Waals surface area contributed by atoms with Gasteiger partial charge in [0.25, 0.3) is 0 Å². The Morgan fingerprint density at radius 1 is 1.28 bits per heavy atom. The summed E-state index contributed by atoms with van der Waals surface area (Å²) in [6.45, 7) is 6.89. The van der Waals surface area contributed by atoms with Gasteiger partial charge in [-0.1, -0.05) is 6.92 Å². The van der Waals surface area contributed by atoms with Crippen molar-refractivity contribution in [2.24, 2.45) is 5.92 Å². The van der Waals surface area contributed by atoms with Crippen LogP contribution in [0, 0.1) is 5.92 Å². The highest BCUT2D eigenvalue weighted by Gasteiger charge is 2.17. The first-order valence-electron chi connectivity index (χ1n) is 6.78. The van der Waals surface area contributed by atoms with Crippen molar-refractivity contribution in [3.63, 3.8) is 0 Å². The van der Waals surface area contributed by atoms with Crippen LogP contribution in [0.15, 0.2) is 12.4 Å². The van der Waals surface area contributed by atoms with Crippen LogP contribution in [-0.2, 0) is 0 Å². The van der Waals surface area contributed by atoms with Crippen molar-refractivity contribution in [1.82, 2.24) is 14.9 Å². The molecule has 1 aliphatic heterocycles. The second-order valence-electron chi connectivity index (χ2n) is 4.80. The zero-order valence-corrected chi connectivity index (χ0v) is 11.3. The fourth-order valence-corrected chi connectivity index (χ4v) is 2.35. The van der Waals surface area contributed by atoms with Crippen LogP contribution >= 0.6 is 0 Å². The number of aromatic nitrogens is 2. The number of hydrogen-bond donors (Lipinski definition) is 2. The SMILES string of the molecule is CCN1CCC(CNc2cc(NC)ncn2)CC1. The van der Waals surface area contributed by atoms with Crippen molar-refractivity contribution >= 4 is 11.6 Å². The van der Waals surface area contributed by atoms with Gasteiger partial charge in [-0.05, 0) is 38.4 Å². The lowest BCUT2D eigenvalue weighted by molar-refractivity contribution is 0.198. The van der Waals surface area contributed by atoms with Gasteiger partial charge in [-0.3, -0.25) is 0 Å². The number of likely N-dealkylation sites (tertiary alicyclic amines) is 1. The Labute approximate surface area is 109 Å². The Hall–Kier alpha value is -1.36. The number of anilines is 2. The van der Waals surface area contributed by atoms with E-state index in [2.05, 4.69) is 32.4 Å². The highest BCUT2D eigenvalue weighted by Crippen LogP contribution is 2.17. The zero-order chi connectivity index (χ0) is 12.8. The molecular weight excluding hydrogens is 226 g/mol. The van der Waals surface area contributed by atoms with E-state index in [0.29, 0.717) is 0 Å². The first kappa shape index (κ1) is 13.1. The van der Waals surface area contributed by atoms with E-state index in [4.69, 9.17) is 0 Å². The Balaban J connectivity index is 1.77. The third-order valence-corrected chi connectivity index (χ3v) is 3.65. The summed E-state index contributed by atoms with van der Waals surface area (Å²) >= 11 is 0. The molecule has 2 rings (SSSR count). The normalized spacial score (nSPS) is 17.7. The van der Waals surface area contributed by atoms with E-state index in [1.807, 2.05) is 13.1 Å². The fraction of sp³-hybridized carbons (Fsp3) is 0.692. The molecule has 1 fully saturated rings. The monoisotopic (exact) mass is 249 g/mol. The molecule has 0 amide bonds. The zero-order valence-electron chi connectivity index (χ0n) is 11.3. The van der Waals surface area contributed by atoms with Gasteiger partial charge in [0.1, 0.15) is 18.0 Å². The third-order valence-electron chi connectivity index (χ3n) is 3.65. The molecule has 0 unspecified atom stereocenters. The molecule has 0 bridgehead atoms. The minimum atomic E-state index is 0.765. The predicted molar refractivity (Wildman–Crippen MR) is 74.9 cm³/mol. The van der Waals surface area contributed by atoms with Crippen LogP contribution in [0.5, 0.6) is 0 Å². The molecule has 0 spiro atoms. The van der Waals surface area contributed by atoms with Crippen LogP contribution in [0.1, 0.15) is 19.8 Å². The molecule has 1 aromatic heterocycles. The highest BCUT2D eigenvalue weighted by molar-refractivity contribution is 5.45. The van der Waals surface area contributed by atoms with Crippen LogP contribution in [0.2, 0.25) is 0 Å². The quantitative estimate of drug-likeness (QED) is 0.831. The molecular formula is C13H23N5. The van der Waals surface area contributed by atoms with Gasteiger partial charge in [0.15, 0.2) is 0 Å². The van der Waals surface area contributed by atoms with E-state index < -0.39 is 0 Å². The van der Waals surface area contributed by atoms with Gasteiger partial charge in [-0.2, -0.15) is 0 Å². The highest BCUT2D eigenvalue weighted by atomic mass is 15.1. The molecule has 1 aromatic rings. The molecule has 0 saturated carbocycles. The Morgan fingerprint density at radius 3 is 2.67 bits per heavy atom. The predicted octanol–water partition coefficient (Wildman–Crippen LogP) is 1.66. The summed E-state index contributed by atoms with van der Waals surface area (Å²) in [5.41, 5.74) is 0. The summed E-state index contributed by atoms with van der Waals surface area (Å²) < 4.78 is 0. The summed E-state index contributed by atoms with van der Waals surface area (Å²) in [6.07, 6.45) is 4.16. The largest absolute Gasteiger partial charge is 0.373 e. The summed E-state index contributed by atoms with van der Waals surface area (Å²) in [4.78, 5) is 10.8. The average Bonchev–Trinajstić information content (AvgIpc) is 2.46. The molecule has 2 heterocycles. The first-order valence-corrected chi connectivity index (χ1v) is 6.78. The number of nitrogens with zero attached hydrogens (tertiary/aromatic N) is 3. The molecule has 0 radical (unpaired) electrons. The lowest BCUT2D eigenvalue weighted by Gasteiger charge is -2.31. The fourth-order valence-electron chi connectivity index (χ4n) is 2.35. The number of nitrogens with one attached hydrogen (secondary N) is 2. The third kappa shape index (κ3) is 3.57. The maximum absolute atomic E-state index is 4.23. The van der Waals surface area contributed by atoms with Crippen LogP contribution in [0.25, 0.3) is 0 Å². The molecule has 1 aliphatic rings. The van der Waals surface area contributed by atoms with Crippen LogP contribution in [0.4, 0.5) is 11.6 Å². The second-order valence-corrected chi connectivity index (χ2v) is 4.80. The van der Waals surface area contributed by atoms with E-state index in [9.17, 15) is 0 Å². The van der Waals surface area contributed by atoms with E-state index in [1.54, 1.807) is 6.33 Å². The van der Waals surface area contributed by atoms with Crippen molar-refractivity contribution in [1.29, 1.82) is 0 Å². The van der Waals surface area contributed by atoms with Crippen molar-refractivity contribution in [3.05, 3.63) is 12.4 Å². The first-order chi connectivity index (χ1) is 8.81. The second kappa shape index (κ2) is 6.54. The molecule has 0 aliphatic carbocycles. The van der Waals surface area contributed by atoms with E-state index >= 15 is 0 Å². The minimum absolute atomic E-state index is 0.765. The van der Waals surface area contributed by atoms with Gasteiger partial charge >= 0.3 is 0 Å². The molecule has 18 heavy (non-hydrogen) atoms. The maximum atomic E-state index is 4.23. The van der Waals surface area contributed by atoms with Crippen molar-refractivity contribution < 1.29 is 0 Å². The van der Waals surface area contributed by atoms with Crippen molar-refractivity contribution in [2.45, 2.75) is 19.8 Å². The topological polar surface area (TPSA) is 53.1 Å². The molecule has 1 saturated heterocycles. The standard InChI is InChI=1S/C13H23N5/c1-3-18-6-4-11(5-7-18)9-15-13-8-12(14-2)16-10-17-13/h8,10-11H,3-7,9H2,1-2H3,(H2,14,15,16,17).